The lowest BCUT2D eigenvalue weighted by Gasteiger charge is -1.85. The van der Waals surface area contributed by atoms with E-state index in [1.807, 2.05) is 0 Å². The third kappa shape index (κ3) is 1.41. The Morgan fingerprint density at radius 1 is 1.80 bits per heavy atom. The van der Waals surface area contributed by atoms with Gasteiger partial charge in [0, 0.05) is 6.07 Å². The summed E-state index contributed by atoms with van der Waals surface area (Å²) in [6, 6.07) is 1.22. The smallest absolute Gasteiger partial charge is 0.251 e. The molecular formula is C5H5N3O2. The Bertz CT molecular complexity index is 291. The van der Waals surface area contributed by atoms with Gasteiger partial charge >= 0.3 is 0 Å². The topological polar surface area (TPSA) is 78.3 Å². The first-order chi connectivity index (χ1) is 4.83. The average Bonchev–Trinajstić information content (AvgIpc) is 1.88. The maximum atomic E-state index is 10.5. The van der Waals surface area contributed by atoms with E-state index in [2.05, 4.69) is 15.1 Å². The zero-order valence-corrected chi connectivity index (χ0v) is 4.98. The van der Waals surface area contributed by atoms with Crippen LogP contribution in [-0.4, -0.2) is 21.4 Å². The second kappa shape index (κ2) is 2.77. The van der Waals surface area contributed by atoms with E-state index in [4.69, 9.17) is 5.21 Å². The minimum atomic E-state index is -0.273. The van der Waals surface area contributed by atoms with Gasteiger partial charge in [-0.1, -0.05) is 5.16 Å². The standard InChI is InChI=1S/C5H5N3O2/c9-5-1-4(2-8-10)6-3-7-5/h1-3,10H,(H,6,7,9). The van der Waals surface area contributed by atoms with Crippen LogP contribution in [0.4, 0.5) is 0 Å². The van der Waals surface area contributed by atoms with E-state index in [-0.39, 0.29) is 5.56 Å². The Labute approximate surface area is 56.0 Å². The number of aromatic amines is 1. The molecule has 0 saturated carbocycles. The molecule has 1 rings (SSSR count). The second-order valence-corrected chi connectivity index (χ2v) is 1.58. The second-order valence-electron chi connectivity index (χ2n) is 1.58. The average molecular weight is 139 g/mol. The van der Waals surface area contributed by atoms with Crippen LogP contribution in [0.1, 0.15) is 5.69 Å². The van der Waals surface area contributed by atoms with Crippen LogP contribution >= 0.6 is 0 Å². The maximum Gasteiger partial charge on any atom is 0.251 e. The highest BCUT2D eigenvalue weighted by atomic mass is 16.4. The van der Waals surface area contributed by atoms with Crippen LogP contribution in [0.25, 0.3) is 0 Å². The van der Waals surface area contributed by atoms with Crippen molar-refractivity contribution in [2.24, 2.45) is 5.16 Å². The first-order valence-electron chi connectivity index (χ1n) is 2.55. The Balaban J connectivity index is 3.07. The molecule has 0 saturated heterocycles. The summed E-state index contributed by atoms with van der Waals surface area (Å²) in [6.45, 7) is 0. The number of nitrogens with one attached hydrogen (secondary N) is 1. The van der Waals surface area contributed by atoms with Crippen molar-refractivity contribution in [3.63, 3.8) is 0 Å². The van der Waals surface area contributed by atoms with Crippen molar-refractivity contribution in [3.05, 3.63) is 28.4 Å². The van der Waals surface area contributed by atoms with Gasteiger partial charge in [0.25, 0.3) is 5.56 Å². The predicted molar refractivity (Wildman–Crippen MR) is 34.2 cm³/mol. The van der Waals surface area contributed by atoms with Crippen molar-refractivity contribution >= 4 is 6.21 Å². The molecule has 0 fully saturated rings. The predicted octanol–water partition coefficient (Wildman–Crippen LogP) is -0.422. The van der Waals surface area contributed by atoms with Crippen molar-refractivity contribution in [2.45, 2.75) is 0 Å². The number of aromatic nitrogens is 2. The molecule has 2 N–H and O–H groups in total. The van der Waals surface area contributed by atoms with Crippen LogP contribution in [0, 0.1) is 0 Å². The van der Waals surface area contributed by atoms with Crippen molar-refractivity contribution < 1.29 is 5.21 Å². The van der Waals surface area contributed by atoms with Crippen LogP contribution in [0.3, 0.4) is 0 Å². The van der Waals surface area contributed by atoms with Crippen LogP contribution in [0.2, 0.25) is 0 Å². The summed E-state index contributed by atoms with van der Waals surface area (Å²) in [5.41, 5.74) is 0.0520. The van der Waals surface area contributed by atoms with Crippen molar-refractivity contribution in [2.75, 3.05) is 0 Å². The van der Waals surface area contributed by atoms with E-state index in [0.717, 1.165) is 6.21 Å². The van der Waals surface area contributed by atoms with Gasteiger partial charge in [0.2, 0.25) is 0 Å². The molecule has 0 amide bonds. The lowest BCUT2D eigenvalue weighted by molar-refractivity contribution is 0.321. The molecule has 1 heterocycles. The normalized spacial score (nSPS) is 10.4. The van der Waals surface area contributed by atoms with Crippen LogP contribution < -0.4 is 5.56 Å². The van der Waals surface area contributed by atoms with Gasteiger partial charge in [-0.2, -0.15) is 0 Å². The largest absolute Gasteiger partial charge is 0.411 e. The highest BCUT2D eigenvalue weighted by Gasteiger charge is 1.87. The van der Waals surface area contributed by atoms with Gasteiger partial charge in [-0.25, -0.2) is 4.98 Å². The first kappa shape index (κ1) is 6.47. The van der Waals surface area contributed by atoms with Gasteiger partial charge in [-0.05, 0) is 0 Å². The molecule has 0 spiro atoms. The summed E-state index contributed by atoms with van der Waals surface area (Å²) >= 11 is 0. The molecular weight excluding hydrogens is 134 g/mol. The number of hydrogen-bond donors (Lipinski definition) is 2. The summed E-state index contributed by atoms with van der Waals surface area (Å²) in [5.74, 6) is 0. The van der Waals surface area contributed by atoms with E-state index in [0.29, 0.717) is 5.69 Å². The molecule has 0 bridgehead atoms. The highest BCUT2D eigenvalue weighted by Crippen LogP contribution is 1.78. The molecule has 1 aromatic heterocycles. The minimum Gasteiger partial charge on any atom is -0.411 e. The zero-order valence-electron chi connectivity index (χ0n) is 4.98. The molecule has 5 nitrogen and oxygen atoms in total. The summed E-state index contributed by atoms with van der Waals surface area (Å²) in [4.78, 5) is 16.5. The fourth-order valence-corrected chi connectivity index (χ4v) is 0.513. The molecule has 0 aromatic carbocycles. The SMILES string of the molecule is O=c1cc(C=NO)nc[nH]1. The molecule has 0 aliphatic carbocycles. The minimum absolute atomic E-state index is 0.273. The van der Waals surface area contributed by atoms with E-state index in [1.54, 1.807) is 0 Å². The molecule has 5 heteroatoms. The molecule has 0 aliphatic rings. The third-order valence-electron chi connectivity index (χ3n) is 0.889. The molecule has 0 unspecified atom stereocenters. The molecule has 1 aromatic rings. The number of nitrogens with zero attached hydrogens (tertiary/aromatic N) is 2. The number of oxime groups is 1. The first-order valence-corrected chi connectivity index (χ1v) is 2.55. The van der Waals surface area contributed by atoms with Crippen molar-refractivity contribution in [1.82, 2.24) is 9.97 Å². The van der Waals surface area contributed by atoms with Crippen molar-refractivity contribution in [1.29, 1.82) is 0 Å². The van der Waals surface area contributed by atoms with Crippen molar-refractivity contribution in [3.8, 4) is 0 Å². The Hall–Kier alpha value is -1.65. The molecule has 0 radical (unpaired) electrons. The van der Waals surface area contributed by atoms with Gasteiger partial charge in [0.1, 0.15) is 0 Å². The number of rotatable bonds is 1. The monoisotopic (exact) mass is 139 g/mol. The molecule has 0 atom stereocenters. The Morgan fingerprint density at radius 2 is 2.60 bits per heavy atom. The summed E-state index contributed by atoms with van der Waals surface area (Å²) < 4.78 is 0. The van der Waals surface area contributed by atoms with Crippen LogP contribution in [-0.2, 0) is 0 Å². The summed E-state index contributed by atoms with van der Waals surface area (Å²) in [5, 5.41) is 10.7. The molecule has 0 aliphatic heterocycles. The number of H-pyrrole nitrogens is 1. The molecule has 10 heavy (non-hydrogen) atoms. The summed E-state index contributed by atoms with van der Waals surface area (Å²) in [7, 11) is 0. The summed E-state index contributed by atoms with van der Waals surface area (Å²) in [6.07, 6.45) is 2.31. The number of hydrogen-bond acceptors (Lipinski definition) is 4. The van der Waals surface area contributed by atoms with E-state index < -0.39 is 0 Å². The third-order valence-corrected chi connectivity index (χ3v) is 0.889. The lowest BCUT2D eigenvalue weighted by atomic mass is 10.4. The fraction of sp³-hybridized carbons (Fsp3) is 0. The van der Waals surface area contributed by atoms with Crippen LogP contribution in [0.15, 0.2) is 22.3 Å². The maximum absolute atomic E-state index is 10.5. The fourth-order valence-electron chi connectivity index (χ4n) is 0.513. The van der Waals surface area contributed by atoms with Crippen LogP contribution in [0.5, 0.6) is 0 Å². The van der Waals surface area contributed by atoms with Gasteiger partial charge in [0.05, 0.1) is 18.2 Å². The van der Waals surface area contributed by atoms with Gasteiger partial charge in [-0.3, -0.25) is 4.79 Å². The zero-order chi connectivity index (χ0) is 7.40. The van der Waals surface area contributed by atoms with Gasteiger partial charge in [-0.15, -0.1) is 0 Å². The van der Waals surface area contributed by atoms with Gasteiger partial charge in [0.15, 0.2) is 0 Å². The highest BCUT2D eigenvalue weighted by molar-refractivity contribution is 5.75. The molecule has 52 valence electrons. The quantitative estimate of drug-likeness (QED) is 0.315. The Morgan fingerprint density at radius 3 is 3.20 bits per heavy atom. The van der Waals surface area contributed by atoms with E-state index in [1.165, 1.54) is 12.4 Å². The lowest BCUT2D eigenvalue weighted by Crippen LogP contribution is -2.05. The Kier molecular flexibility index (Phi) is 1.79. The van der Waals surface area contributed by atoms with E-state index >= 15 is 0 Å². The van der Waals surface area contributed by atoms with Gasteiger partial charge < -0.3 is 10.2 Å². The van der Waals surface area contributed by atoms with E-state index in [9.17, 15) is 4.79 Å².